The Hall–Kier alpha value is -1.61. The second-order valence-corrected chi connectivity index (χ2v) is 12.1. The molecular formula is C23H22Cl3NO4S2. The second kappa shape index (κ2) is 10.3. The normalized spacial score (nSPS) is 15.6. The fraction of sp³-hybridized carbons (Fsp3) is 0.261. The van der Waals surface area contributed by atoms with Crippen LogP contribution >= 0.6 is 46.9 Å². The van der Waals surface area contributed by atoms with Crippen molar-refractivity contribution in [3.8, 4) is 0 Å². The number of nitrogens with zero attached hydrogens (tertiary/aromatic N) is 1. The van der Waals surface area contributed by atoms with E-state index in [4.69, 9.17) is 23.2 Å². The zero-order valence-corrected chi connectivity index (χ0v) is 21.5. The average Bonchev–Trinajstić information content (AvgIpc) is 3.17. The Morgan fingerprint density at radius 1 is 0.970 bits per heavy atom. The molecule has 5 nitrogen and oxygen atoms in total. The Morgan fingerprint density at radius 3 is 1.85 bits per heavy atom. The van der Waals surface area contributed by atoms with E-state index in [9.17, 15) is 18.3 Å². The van der Waals surface area contributed by atoms with Crippen molar-refractivity contribution >= 4 is 62.8 Å². The Morgan fingerprint density at radius 2 is 1.45 bits per heavy atom. The third-order valence-electron chi connectivity index (χ3n) is 5.68. The van der Waals surface area contributed by atoms with Gasteiger partial charge in [-0.05, 0) is 47.5 Å². The van der Waals surface area contributed by atoms with Gasteiger partial charge >= 0.3 is 5.97 Å². The van der Waals surface area contributed by atoms with Gasteiger partial charge in [0, 0.05) is 40.2 Å². The van der Waals surface area contributed by atoms with E-state index in [1.165, 1.54) is 12.3 Å². The maximum Gasteiger partial charge on any atom is 0.345 e. The number of hydrogen-bond acceptors (Lipinski definition) is 5. The molecule has 1 aliphatic heterocycles. The van der Waals surface area contributed by atoms with E-state index in [0.717, 1.165) is 22.5 Å². The highest BCUT2D eigenvalue weighted by Crippen LogP contribution is 2.43. The van der Waals surface area contributed by atoms with Crippen LogP contribution in [0.5, 0.6) is 0 Å². The van der Waals surface area contributed by atoms with Crippen molar-refractivity contribution < 1.29 is 18.3 Å². The van der Waals surface area contributed by atoms with E-state index < -0.39 is 21.1 Å². The first-order valence-electron chi connectivity index (χ1n) is 9.90. The molecule has 176 valence electrons. The molecule has 1 saturated heterocycles. The quantitative estimate of drug-likeness (QED) is 0.394. The van der Waals surface area contributed by atoms with E-state index in [2.05, 4.69) is 4.90 Å². The van der Waals surface area contributed by atoms with Crippen LogP contribution in [-0.4, -0.2) is 43.7 Å². The van der Waals surface area contributed by atoms with Crippen molar-refractivity contribution in [1.29, 1.82) is 0 Å². The number of sulfone groups is 1. The molecule has 1 aromatic heterocycles. The zero-order chi connectivity index (χ0) is 23.0. The fourth-order valence-corrected chi connectivity index (χ4v) is 7.48. The average molecular weight is 547 g/mol. The third-order valence-corrected chi connectivity index (χ3v) is 9.05. The van der Waals surface area contributed by atoms with Crippen LogP contribution in [0.4, 0.5) is 0 Å². The number of carboxylic acid groups (broad SMARTS) is 1. The first-order valence-corrected chi connectivity index (χ1v) is 13.4. The summed E-state index contributed by atoms with van der Waals surface area (Å²) in [6, 6.07) is 18.3. The molecule has 1 atom stereocenters. The third kappa shape index (κ3) is 5.73. The fourth-order valence-electron chi connectivity index (χ4n) is 4.27. The van der Waals surface area contributed by atoms with Gasteiger partial charge in [0.15, 0.2) is 9.84 Å². The lowest BCUT2D eigenvalue weighted by molar-refractivity contribution is 0.0660. The molecule has 1 N–H and O–H groups in total. The van der Waals surface area contributed by atoms with E-state index in [1.807, 2.05) is 48.5 Å². The Kier molecular flexibility index (Phi) is 8.15. The van der Waals surface area contributed by atoms with Crippen LogP contribution in [0.3, 0.4) is 0 Å². The topological polar surface area (TPSA) is 74.7 Å². The lowest BCUT2D eigenvalue weighted by Crippen LogP contribution is -2.52. The molecule has 0 spiro atoms. The molecule has 1 fully saturated rings. The smallest absolute Gasteiger partial charge is 0.345 e. The summed E-state index contributed by atoms with van der Waals surface area (Å²) in [7, 11) is -3.42. The summed E-state index contributed by atoms with van der Waals surface area (Å²) in [5, 5.41) is 9.80. The summed E-state index contributed by atoms with van der Waals surface area (Å²) in [6.45, 7) is 1.13. The number of aromatic carboxylic acids is 1. The van der Waals surface area contributed by atoms with Gasteiger partial charge in [0.2, 0.25) is 0 Å². The van der Waals surface area contributed by atoms with Gasteiger partial charge in [0.25, 0.3) is 0 Å². The number of carboxylic acids is 1. The number of halogens is 3. The summed E-state index contributed by atoms with van der Waals surface area (Å²) in [4.78, 5) is 14.2. The van der Waals surface area contributed by atoms with Gasteiger partial charge in [-0.1, -0.05) is 47.5 Å². The van der Waals surface area contributed by atoms with Crippen LogP contribution in [0, 0.1) is 5.92 Å². The van der Waals surface area contributed by atoms with Gasteiger partial charge in [-0.15, -0.1) is 23.7 Å². The Labute approximate surface area is 213 Å². The van der Waals surface area contributed by atoms with Crippen LogP contribution in [0.2, 0.25) is 10.0 Å². The van der Waals surface area contributed by atoms with Crippen LogP contribution in [-0.2, 0) is 9.84 Å². The molecule has 1 unspecified atom stereocenters. The maximum atomic E-state index is 12.6. The van der Waals surface area contributed by atoms with Crippen molar-refractivity contribution in [2.24, 2.45) is 5.92 Å². The maximum absolute atomic E-state index is 12.6. The van der Waals surface area contributed by atoms with E-state index in [1.54, 1.807) is 6.07 Å². The molecule has 0 aliphatic carbocycles. The molecule has 4 rings (SSSR count). The molecule has 2 heterocycles. The summed E-state index contributed by atoms with van der Waals surface area (Å²) >= 11 is 13.2. The summed E-state index contributed by atoms with van der Waals surface area (Å²) in [5.41, 5.74) is 2.10. The van der Waals surface area contributed by atoms with Gasteiger partial charge in [0.05, 0.1) is 6.04 Å². The van der Waals surface area contributed by atoms with Gasteiger partial charge in [-0.25, -0.2) is 13.2 Å². The predicted octanol–water partition coefficient (Wildman–Crippen LogP) is 5.98. The minimum absolute atomic E-state index is 0. The van der Waals surface area contributed by atoms with Crippen molar-refractivity contribution in [1.82, 2.24) is 4.90 Å². The van der Waals surface area contributed by atoms with Crippen LogP contribution in [0.1, 0.15) is 37.0 Å². The first kappa shape index (κ1) is 26.0. The molecule has 3 aromatic rings. The molecule has 0 radical (unpaired) electrons. The van der Waals surface area contributed by atoms with E-state index in [-0.39, 0.29) is 29.2 Å². The molecule has 10 heteroatoms. The number of likely N-dealkylation sites (tertiary alicyclic amines) is 1. The summed E-state index contributed by atoms with van der Waals surface area (Å²) in [5.74, 6) is -1.18. The van der Waals surface area contributed by atoms with Crippen molar-refractivity contribution in [2.75, 3.05) is 19.3 Å². The molecule has 0 saturated carbocycles. The lowest BCUT2D eigenvalue weighted by Gasteiger charge is -2.47. The predicted molar refractivity (Wildman–Crippen MR) is 136 cm³/mol. The van der Waals surface area contributed by atoms with Crippen molar-refractivity contribution in [2.45, 2.75) is 11.3 Å². The monoisotopic (exact) mass is 545 g/mol. The van der Waals surface area contributed by atoms with Gasteiger partial charge in [-0.2, -0.15) is 0 Å². The molecule has 2 aromatic carbocycles. The van der Waals surface area contributed by atoms with Crippen LogP contribution in [0.25, 0.3) is 0 Å². The van der Waals surface area contributed by atoms with E-state index in [0.29, 0.717) is 28.0 Å². The highest BCUT2D eigenvalue weighted by atomic mass is 35.5. The number of carbonyl (C=O) groups is 1. The minimum Gasteiger partial charge on any atom is -0.477 e. The Bertz CT molecular complexity index is 1180. The zero-order valence-electron chi connectivity index (χ0n) is 17.5. The van der Waals surface area contributed by atoms with Crippen molar-refractivity contribution in [3.63, 3.8) is 0 Å². The molecule has 33 heavy (non-hydrogen) atoms. The number of thiophene rings is 1. The number of benzene rings is 2. The standard InChI is InChI=1S/C23H21Cl2NO4S2.ClH/c1-32(29,30)22(19-10-11-20(31-19)23(27)28)16-12-26(13-16)21(14-2-6-17(24)7-3-14)15-4-8-18(25)9-5-15;/h2-11,16,21-22H,12-13H2,1H3,(H,27,28);1H. The van der Waals surface area contributed by atoms with Gasteiger partial charge in [-0.3, -0.25) is 4.90 Å². The molecule has 1 aliphatic rings. The van der Waals surface area contributed by atoms with Crippen molar-refractivity contribution in [3.05, 3.63) is 91.6 Å². The lowest BCUT2D eigenvalue weighted by atomic mass is 9.88. The van der Waals surface area contributed by atoms with E-state index >= 15 is 0 Å². The first-order chi connectivity index (χ1) is 15.1. The molecule has 0 amide bonds. The van der Waals surface area contributed by atoms with Crippen LogP contribution in [0.15, 0.2) is 60.7 Å². The Balaban J connectivity index is 0.00000306. The molecule has 0 bridgehead atoms. The molecular weight excluding hydrogens is 525 g/mol. The highest BCUT2D eigenvalue weighted by Gasteiger charge is 2.43. The summed E-state index contributed by atoms with van der Waals surface area (Å²) in [6.07, 6.45) is 1.22. The second-order valence-electron chi connectivity index (χ2n) is 7.98. The minimum atomic E-state index is -3.42. The number of hydrogen-bond donors (Lipinski definition) is 1. The van der Waals surface area contributed by atoms with Gasteiger partial charge in [0.1, 0.15) is 10.1 Å². The summed E-state index contributed by atoms with van der Waals surface area (Å²) < 4.78 is 25.3. The van der Waals surface area contributed by atoms with Gasteiger partial charge < -0.3 is 5.11 Å². The highest BCUT2D eigenvalue weighted by molar-refractivity contribution is 7.91. The van der Waals surface area contributed by atoms with Crippen LogP contribution < -0.4 is 0 Å². The SMILES string of the molecule is CS(=O)(=O)C(c1ccc(C(=O)O)s1)C1CN(C(c2ccc(Cl)cc2)c2ccc(Cl)cc2)C1.Cl. The number of rotatable bonds is 7. The largest absolute Gasteiger partial charge is 0.477 e.